The molecule has 0 bridgehead atoms. The Morgan fingerprint density at radius 2 is 1.88 bits per heavy atom. The van der Waals surface area contributed by atoms with Gasteiger partial charge in [-0.05, 0) is 51.2 Å². The average Bonchev–Trinajstić information content (AvgIpc) is 2.34. The highest BCUT2D eigenvalue weighted by Gasteiger charge is 2.33. The molecule has 1 saturated carbocycles. The molecule has 1 aliphatic carbocycles. The lowest BCUT2D eigenvalue weighted by atomic mass is 9.84. The Morgan fingerprint density at radius 1 is 1.18 bits per heavy atom. The van der Waals surface area contributed by atoms with Gasteiger partial charge in [0.25, 0.3) is 0 Å². The Labute approximate surface area is 104 Å². The number of hydrogen-bond donors (Lipinski definition) is 1. The minimum Gasteiger partial charge on any atom is -0.486 e. The quantitative estimate of drug-likeness (QED) is 0.869. The summed E-state index contributed by atoms with van der Waals surface area (Å²) in [5.74, 6) is 1.00. The summed E-state index contributed by atoms with van der Waals surface area (Å²) in [4.78, 5) is 0. The monoisotopic (exact) mass is 233 g/mol. The molecule has 2 N–H and O–H groups in total. The van der Waals surface area contributed by atoms with E-state index >= 15 is 0 Å². The molecule has 1 aromatic carbocycles. The van der Waals surface area contributed by atoms with Crippen molar-refractivity contribution in [3.63, 3.8) is 0 Å². The zero-order valence-electron chi connectivity index (χ0n) is 11.0. The molecule has 0 radical (unpaired) electrons. The van der Waals surface area contributed by atoms with E-state index in [1.54, 1.807) is 0 Å². The number of ether oxygens (including phenoxy) is 1. The third kappa shape index (κ3) is 2.81. The van der Waals surface area contributed by atoms with Crippen molar-refractivity contribution in [2.24, 2.45) is 5.73 Å². The smallest absolute Gasteiger partial charge is 0.123 e. The molecule has 1 aromatic rings. The minimum atomic E-state index is -0.113. The van der Waals surface area contributed by atoms with E-state index in [-0.39, 0.29) is 5.60 Å². The van der Waals surface area contributed by atoms with E-state index in [0.29, 0.717) is 6.54 Å². The van der Waals surface area contributed by atoms with E-state index in [2.05, 4.69) is 32.0 Å². The van der Waals surface area contributed by atoms with Crippen LogP contribution in [-0.4, -0.2) is 12.1 Å². The summed E-state index contributed by atoms with van der Waals surface area (Å²) in [6, 6.07) is 6.36. The minimum absolute atomic E-state index is 0.113. The highest BCUT2D eigenvalue weighted by Crippen LogP contribution is 2.33. The SMILES string of the molecule is Cc1ccc(OC2(CN)CCCCC2)c(C)c1. The first-order valence-electron chi connectivity index (χ1n) is 6.62. The van der Waals surface area contributed by atoms with E-state index < -0.39 is 0 Å². The van der Waals surface area contributed by atoms with Gasteiger partial charge < -0.3 is 10.5 Å². The van der Waals surface area contributed by atoms with Gasteiger partial charge in [0.2, 0.25) is 0 Å². The van der Waals surface area contributed by atoms with Crippen molar-refractivity contribution in [2.45, 2.75) is 51.6 Å². The van der Waals surface area contributed by atoms with Crippen LogP contribution in [0.4, 0.5) is 0 Å². The molecule has 1 fully saturated rings. The predicted octanol–water partition coefficient (Wildman–Crippen LogP) is 3.34. The normalized spacial score (nSPS) is 19.0. The average molecular weight is 233 g/mol. The van der Waals surface area contributed by atoms with Gasteiger partial charge in [-0.25, -0.2) is 0 Å². The van der Waals surface area contributed by atoms with E-state index in [9.17, 15) is 0 Å². The van der Waals surface area contributed by atoms with Crippen LogP contribution in [0.3, 0.4) is 0 Å². The van der Waals surface area contributed by atoms with Gasteiger partial charge in [-0.1, -0.05) is 24.1 Å². The molecule has 17 heavy (non-hydrogen) atoms. The Kier molecular flexibility index (Phi) is 3.72. The summed E-state index contributed by atoms with van der Waals surface area (Å²) < 4.78 is 6.25. The fraction of sp³-hybridized carbons (Fsp3) is 0.600. The van der Waals surface area contributed by atoms with Crippen LogP contribution in [-0.2, 0) is 0 Å². The van der Waals surface area contributed by atoms with Crippen LogP contribution in [0.1, 0.15) is 43.2 Å². The largest absolute Gasteiger partial charge is 0.486 e. The molecule has 2 heteroatoms. The summed E-state index contributed by atoms with van der Waals surface area (Å²) in [7, 11) is 0. The van der Waals surface area contributed by atoms with E-state index in [1.165, 1.54) is 30.4 Å². The third-order valence-electron chi connectivity index (χ3n) is 3.79. The maximum Gasteiger partial charge on any atom is 0.123 e. The first-order valence-corrected chi connectivity index (χ1v) is 6.62. The second kappa shape index (κ2) is 5.09. The summed E-state index contributed by atoms with van der Waals surface area (Å²) >= 11 is 0. The topological polar surface area (TPSA) is 35.2 Å². The molecule has 2 nitrogen and oxygen atoms in total. The van der Waals surface area contributed by atoms with Crippen molar-refractivity contribution < 1.29 is 4.74 Å². The number of benzene rings is 1. The lowest BCUT2D eigenvalue weighted by molar-refractivity contribution is 0.0380. The molecule has 2 rings (SSSR count). The second-order valence-corrected chi connectivity index (χ2v) is 5.32. The lowest BCUT2D eigenvalue weighted by Crippen LogP contribution is -2.45. The van der Waals surface area contributed by atoms with E-state index in [1.807, 2.05) is 0 Å². The van der Waals surface area contributed by atoms with Crippen LogP contribution < -0.4 is 10.5 Å². The number of rotatable bonds is 3. The number of hydrogen-bond acceptors (Lipinski definition) is 2. The highest BCUT2D eigenvalue weighted by atomic mass is 16.5. The molecular formula is C15H23NO. The van der Waals surface area contributed by atoms with Gasteiger partial charge in [0.15, 0.2) is 0 Å². The summed E-state index contributed by atoms with van der Waals surface area (Å²) in [6.07, 6.45) is 5.98. The molecule has 94 valence electrons. The zero-order valence-corrected chi connectivity index (χ0v) is 11.0. The van der Waals surface area contributed by atoms with Gasteiger partial charge in [-0.3, -0.25) is 0 Å². The van der Waals surface area contributed by atoms with Crippen LogP contribution in [0.5, 0.6) is 5.75 Å². The lowest BCUT2D eigenvalue weighted by Gasteiger charge is -2.37. The summed E-state index contributed by atoms with van der Waals surface area (Å²) in [6.45, 7) is 4.84. The summed E-state index contributed by atoms with van der Waals surface area (Å²) in [5, 5.41) is 0. The van der Waals surface area contributed by atoms with Crippen molar-refractivity contribution in [1.29, 1.82) is 0 Å². The Hall–Kier alpha value is -1.02. The molecule has 0 aromatic heterocycles. The van der Waals surface area contributed by atoms with Gasteiger partial charge in [-0.15, -0.1) is 0 Å². The predicted molar refractivity (Wildman–Crippen MR) is 71.4 cm³/mol. The van der Waals surface area contributed by atoms with Crippen LogP contribution >= 0.6 is 0 Å². The van der Waals surface area contributed by atoms with Crippen LogP contribution in [0.15, 0.2) is 18.2 Å². The van der Waals surface area contributed by atoms with Crippen molar-refractivity contribution in [2.75, 3.05) is 6.54 Å². The maximum atomic E-state index is 6.25. The van der Waals surface area contributed by atoms with Gasteiger partial charge in [0.1, 0.15) is 11.4 Å². The Balaban J connectivity index is 2.17. The van der Waals surface area contributed by atoms with Crippen LogP contribution in [0.25, 0.3) is 0 Å². The molecule has 0 unspecified atom stereocenters. The molecule has 0 aliphatic heterocycles. The van der Waals surface area contributed by atoms with E-state index in [4.69, 9.17) is 10.5 Å². The molecule has 0 atom stereocenters. The standard InChI is InChI=1S/C15H23NO/c1-12-6-7-14(13(2)10-12)17-15(11-16)8-4-3-5-9-15/h6-7,10H,3-5,8-9,11,16H2,1-2H3. The number of aryl methyl sites for hydroxylation is 2. The number of nitrogens with two attached hydrogens (primary N) is 1. The highest BCUT2D eigenvalue weighted by molar-refractivity contribution is 5.36. The molecule has 1 aliphatic rings. The van der Waals surface area contributed by atoms with E-state index in [0.717, 1.165) is 18.6 Å². The van der Waals surface area contributed by atoms with Gasteiger partial charge >= 0.3 is 0 Å². The van der Waals surface area contributed by atoms with Crippen molar-refractivity contribution in [3.05, 3.63) is 29.3 Å². The van der Waals surface area contributed by atoms with Gasteiger partial charge in [0.05, 0.1) is 0 Å². The first kappa shape index (κ1) is 12.4. The fourth-order valence-corrected chi connectivity index (χ4v) is 2.69. The van der Waals surface area contributed by atoms with Crippen LogP contribution in [0, 0.1) is 13.8 Å². The molecule has 0 spiro atoms. The van der Waals surface area contributed by atoms with Crippen molar-refractivity contribution in [3.8, 4) is 5.75 Å². The van der Waals surface area contributed by atoms with Gasteiger partial charge in [0, 0.05) is 6.54 Å². The molecule has 0 saturated heterocycles. The second-order valence-electron chi connectivity index (χ2n) is 5.32. The Morgan fingerprint density at radius 3 is 2.47 bits per heavy atom. The summed E-state index contributed by atoms with van der Waals surface area (Å²) in [5.41, 5.74) is 8.32. The van der Waals surface area contributed by atoms with Crippen molar-refractivity contribution >= 4 is 0 Å². The van der Waals surface area contributed by atoms with Crippen LogP contribution in [0.2, 0.25) is 0 Å². The maximum absolute atomic E-state index is 6.25. The zero-order chi connectivity index (χ0) is 12.3. The molecular weight excluding hydrogens is 210 g/mol. The fourth-order valence-electron chi connectivity index (χ4n) is 2.69. The third-order valence-corrected chi connectivity index (χ3v) is 3.79. The van der Waals surface area contributed by atoms with Crippen molar-refractivity contribution in [1.82, 2.24) is 0 Å². The molecule has 0 amide bonds. The molecule has 0 heterocycles. The van der Waals surface area contributed by atoms with Gasteiger partial charge in [-0.2, -0.15) is 0 Å². The first-order chi connectivity index (χ1) is 8.15. The Bertz CT molecular complexity index is 381.